The van der Waals surface area contributed by atoms with Crippen molar-refractivity contribution in [2.24, 2.45) is 5.73 Å². The summed E-state index contributed by atoms with van der Waals surface area (Å²) in [5, 5.41) is 4.95. The number of carbonyl (C=O) groups is 1. The number of hydrogen-bond donors (Lipinski definition) is 2. The van der Waals surface area contributed by atoms with Crippen molar-refractivity contribution in [3.8, 4) is 0 Å². The third-order valence-corrected chi connectivity index (χ3v) is 3.52. The predicted molar refractivity (Wildman–Crippen MR) is 86.2 cm³/mol. The Morgan fingerprint density at radius 3 is 2.48 bits per heavy atom. The monoisotopic (exact) mass is 276 g/mol. The van der Waals surface area contributed by atoms with E-state index >= 15 is 0 Å². The van der Waals surface area contributed by atoms with Crippen LogP contribution in [-0.2, 0) is 6.54 Å². The van der Waals surface area contributed by atoms with Crippen LogP contribution in [-0.4, -0.2) is 5.91 Å². The van der Waals surface area contributed by atoms with Gasteiger partial charge >= 0.3 is 0 Å². The molecular weight excluding hydrogens is 260 g/mol. The Hall–Kier alpha value is -2.65. The minimum absolute atomic E-state index is 0.118. The van der Waals surface area contributed by atoms with Crippen molar-refractivity contribution in [3.63, 3.8) is 0 Å². The summed E-state index contributed by atoms with van der Waals surface area (Å²) < 4.78 is 0. The molecule has 3 nitrogen and oxygen atoms in total. The average molecular weight is 276 g/mol. The molecule has 0 fully saturated rings. The van der Waals surface area contributed by atoms with Gasteiger partial charge in [-0.15, -0.1) is 0 Å². The largest absolute Gasteiger partial charge is 0.326 e. The van der Waals surface area contributed by atoms with Gasteiger partial charge in [0.1, 0.15) is 0 Å². The molecule has 3 heteroatoms. The lowest BCUT2D eigenvalue weighted by Gasteiger charge is -2.11. The zero-order chi connectivity index (χ0) is 14.7. The van der Waals surface area contributed by atoms with Crippen molar-refractivity contribution in [2.75, 3.05) is 5.32 Å². The van der Waals surface area contributed by atoms with E-state index in [0.717, 1.165) is 22.0 Å². The molecule has 0 aliphatic heterocycles. The van der Waals surface area contributed by atoms with Crippen LogP contribution in [0.25, 0.3) is 10.8 Å². The fraction of sp³-hybridized carbons (Fsp3) is 0.0556. The van der Waals surface area contributed by atoms with E-state index in [1.165, 1.54) is 0 Å². The third kappa shape index (κ3) is 2.64. The van der Waals surface area contributed by atoms with Gasteiger partial charge in [0, 0.05) is 17.8 Å². The minimum atomic E-state index is -0.118. The molecule has 21 heavy (non-hydrogen) atoms. The minimum Gasteiger partial charge on any atom is -0.326 e. The molecule has 0 atom stereocenters. The summed E-state index contributed by atoms with van der Waals surface area (Å²) in [6, 6.07) is 21.2. The molecule has 0 aliphatic carbocycles. The molecule has 0 aromatic heterocycles. The zero-order valence-electron chi connectivity index (χ0n) is 11.5. The van der Waals surface area contributed by atoms with Gasteiger partial charge in [0.25, 0.3) is 5.91 Å². The summed E-state index contributed by atoms with van der Waals surface area (Å²) in [4.78, 5) is 12.5. The molecule has 3 N–H and O–H groups in total. The maximum absolute atomic E-state index is 12.5. The van der Waals surface area contributed by atoms with Crippen LogP contribution in [0.5, 0.6) is 0 Å². The second kappa shape index (κ2) is 5.77. The predicted octanol–water partition coefficient (Wildman–Crippen LogP) is 3.55. The fourth-order valence-electron chi connectivity index (χ4n) is 2.43. The van der Waals surface area contributed by atoms with Crippen molar-refractivity contribution < 1.29 is 4.79 Å². The van der Waals surface area contributed by atoms with Crippen LogP contribution in [0.2, 0.25) is 0 Å². The lowest BCUT2D eigenvalue weighted by Crippen LogP contribution is -2.14. The van der Waals surface area contributed by atoms with Crippen molar-refractivity contribution in [1.82, 2.24) is 0 Å². The van der Waals surface area contributed by atoms with Crippen LogP contribution in [0, 0.1) is 0 Å². The standard InChI is InChI=1S/C18H16N2O/c19-12-14-7-2-4-11-17(14)20-18(21)16-10-5-8-13-6-1-3-9-15(13)16/h1-11H,12,19H2,(H,20,21). The summed E-state index contributed by atoms with van der Waals surface area (Å²) >= 11 is 0. The summed E-state index contributed by atoms with van der Waals surface area (Å²) in [6.45, 7) is 0.395. The quantitative estimate of drug-likeness (QED) is 0.768. The highest BCUT2D eigenvalue weighted by Crippen LogP contribution is 2.21. The van der Waals surface area contributed by atoms with Crippen LogP contribution >= 0.6 is 0 Å². The first-order valence-corrected chi connectivity index (χ1v) is 6.86. The van der Waals surface area contributed by atoms with Gasteiger partial charge in [-0.3, -0.25) is 4.79 Å². The molecular formula is C18H16N2O. The first kappa shape index (κ1) is 13.3. The topological polar surface area (TPSA) is 55.1 Å². The number of fused-ring (bicyclic) bond motifs is 1. The van der Waals surface area contributed by atoms with Gasteiger partial charge in [-0.05, 0) is 28.5 Å². The first-order chi connectivity index (χ1) is 10.3. The van der Waals surface area contributed by atoms with E-state index in [1.807, 2.05) is 66.7 Å². The molecule has 0 aliphatic rings. The van der Waals surface area contributed by atoms with Crippen molar-refractivity contribution in [2.45, 2.75) is 6.54 Å². The van der Waals surface area contributed by atoms with Gasteiger partial charge in [0.05, 0.1) is 0 Å². The number of nitrogens with two attached hydrogens (primary N) is 1. The van der Waals surface area contributed by atoms with Crippen LogP contribution in [0.15, 0.2) is 66.7 Å². The van der Waals surface area contributed by atoms with Gasteiger partial charge in [0.2, 0.25) is 0 Å². The van der Waals surface area contributed by atoms with Gasteiger partial charge < -0.3 is 11.1 Å². The molecule has 3 rings (SSSR count). The normalized spacial score (nSPS) is 10.5. The molecule has 1 amide bonds. The number of amides is 1. The molecule has 0 unspecified atom stereocenters. The van der Waals surface area contributed by atoms with Crippen molar-refractivity contribution in [3.05, 3.63) is 77.9 Å². The van der Waals surface area contributed by atoms with Gasteiger partial charge in [-0.2, -0.15) is 0 Å². The highest BCUT2D eigenvalue weighted by atomic mass is 16.1. The maximum Gasteiger partial charge on any atom is 0.256 e. The van der Waals surface area contributed by atoms with Crippen LogP contribution < -0.4 is 11.1 Å². The average Bonchev–Trinajstić information content (AvgIpc) is 2.54. The number of para-hydroxylation sites is 1. The van der Waals surface area contributed by atoms with E-state index in [4.69, 9.17) is 5.73 Å². The molecule has 0 saturated carbocycles. The summed E-state index contributed by atoms with van der Waals surface area (Å²) in [5.41, 5.74) is 8.06. The Bertz CT molecular complexity index is 791. The molecule has 0 spiro atoms. The molecule has 104 valence electrons. The van der Waals surface area contributed by atoms with E-state index < -0.39 is 0 Å². The molecule has 0 radical (unpaired) electrons. The summed E-state index contributed by atoms with van der Waals surface area (Å²) in [5.74, 6) is -0.118. The van der Waals surface area contributed by atoms with Crippen LogP contribution in [0.1, 0.15) is 15.9 Å². The lowest BCUT2D eigenvalue weighted by atomic mass is 10.0. The Labute approximate surface area is 123 Å². The van der Waals surface area contributed by atoms with Crippen LogP contribution in [0.3, 0.4) is 0 Å². The van der Waals surface area contributed by atoms with Crippen molar-refractivity contribution >= 4 is 22.4 Å². The Morgan fingerprint density at radius 2 is 1.62 bits per heavy atom. The number of rotatable bonds is 3. The van der Waals surface area contributed by atoms with E-state index in [0.29, 0.717) is 12.1 Å². The van der Waals surface area contributed by atoms with E-state index in [-0.39, 0.29) is 5.91 Å². The van der Waals surface area contributed by atoms with Gasteiger partial charge in [-0.25, -0.2) is 0 Å². The van der Waals surface area contributed by atoms with E-state index in [9.17, 15) is 4.79 Å². The van der Waals surface area contributed by atoms with Crippen molar-refractivity contribution in [1.29, 1.82) is 0 Å². The second-order valence-electron chi connectivity index (χ2n) is 4.84. The third-order valence-electron chi connectivity index (χ3n) is 3.52. The smallest absolute Gasteiger partial charge is 0.256 e. The summed E-state index contributed by atoms with van der Waals surface area (Å²) in [7, 11) is 0. The highest BCUT2D eigenvalue weighted by Gasteiger charge is 2.11. The molecule has 0 saturated heterocycles. The first-order valence-electron chi connectivity index (χ1n) is 6.86. The highest BCUT2D eigenvalue weighted by molar-refractivity contribution is 6.13. The maximum atomic E-state index is 12.5. The second-order valence-corrected chi connectivity index (χ2v) is 4.84. The lowest BCUT2D eigenvalue weighted by molar-refractivity contribution is 0.102. The van der Waals surface area contributed by atoms with E-state index in [2.05, 4.69) is 5.32 Å². The molecule has 0 bridgehead atoms. The molecule has 3 aromatic rings. The van der Waals surface area contributed by atoms with Gasteiger partial charge in [0.15, 0.2) is 0 Å². The zero-order valence-corrected chi connectivity index (χ0v) is 11.5. The SMILES string of the molecule is NCc1ccccc1NC(=O)c1cccc2ccccc12. The van der Waals surface area contributed by atoms with E-state index in [1.54, 1.807) is 0 Å². The number of anilines is 1. The number of nitrogens with one attached hydrogen (secondary N) is 1. The number of benzene rings is 3. The van der Waals surface area contributed by atoms with Crippen LogP contribution in [0.4, 0.5) is 5.69 Å². The number of carbonyl (C=O) groups excluding carboxylic acids is 1. The Morgan fingerprint density at radius 1 is 0.905 bits per heavy atom. The number of hydrogen-bond acceptors (Lipinski definition) is 2. The Balaban J connectivity index is 1.98. The molecule has 3 aromatic carbocycles. The molecule has 0 heterocycles. The fourth-order valence-corrected chi connectivity index (χ4v) is 2.43. The Kier molecular flexibility index (Phi) is 3.67. The summed E-state index contributed by atoms with van der Waals surface area (Å²) in [6.07, 6.45) is 0. The van der Waals surface area contributed by atoms with Gasteiger partial charge in [-0.1, -0.05) is 54.6 Å².